The van der Waals surface area contributed by atoms with Crippen LogP contribution in [-0.4, -0.2) is 41.2 Å². The van der Waals surface area contributed by atoms with E-state index in [-0.39, 0.29) is 5.69 Å². The largest absolute Gasteiger partial charge is 0.497 e. The van der Waals surface area contributed by atoms with Crippen molar-refractivity contribution < 1.29 is 4.74 Å². The summed E-state index contributed by atoms with van der Waals surface area (Å²) in [7, 11) is 1.65. The molecule has 0 saturated carbocycles. The molecule has 1 aromatic heterocycles. The molecule has 3 rings (SSSR count). The predicted molar refractivity (Wildman–Crippen MR) is 79.3 cm³/mol. The highest BCUT2D eigenvalue weighted by molar-refractivity contribution is 5.77. The van der Waals surface area contributed by atoms with Crippen molar-refractivity contribution in [3.63, 3.8) is 0 Å². The fourth-order valence-electron chi connectivity index (χ4n) is 3.05. The molecule has 2 heterocycles. The van der Waals surface area contributed by atoms with Crippen molar-refractivity contribution in [1.29, 1.82) is 0 Å². The van der Waals surface area contributed by atoms with Crippen molar-refractivity contribution in [2.75, 3.05) is 26.7 Å². The van der Waals surface area contributed by atoms with E-state index in [1.807, 2.05) is 22.8 Å². The standard InChI is InChI=1S/C15H21N3O2/c1-3-17-7-6-11(9-17)10-18-14-8-12(20-2)4-5-13(14)16-15(18)19/h4-5,8,11H,3,6-7,9-10H2,1-2H3,(H,16,19). The zero-order valence-corrected chi connectivity index (χ0v) is 12.1. The van der Waals surface area contributed by atoms with Gasteiger partial charge in [0, 0.05) is 19.2 Å². The Kier molecular flexibility index (Phi) is 3.53. The van der Waals surface area contributed by atoms with E-state index < -0.39 is 0 Å². The molecule has 2 aromatic rings. The van der Waals surface area contributed by atoms with Crippen LogP contribution in [0.15, 0.2) is 23.0 Å². The first-order chi connectivity index (χ1) is 9.71. The van der Waals surface area contributed by atoms with Gasteiger partial charge < -0.3 is 14.6 Å². The van der Waals surface area contributed by atoms with Crippen molar-refractivity contribution in [2.45, 2.75) is 19.9 Å². The molecule has 0 radical (unpaired) electrons. The minimum absolute atomic E-state index is 0.0248. The Bertz CT molecular complexity index is 659. The molecular weight excluding hydrogens is 254 g/mol. The summed E-state index contributed by atoms with van der Waals surface area (Å²) in [4.78, 5) is 17.5. The number of methoxy groups -OCH3 is 1. The maximum atomic E-state index is 12.1. The highest BCUT2D eigenvalue weighted by Gasteiger charge is 2.22. The van der Waals surface area contributed by atoms with Crippen molar-refractivity contribution in [3.05, 3.63) is 28.7 Å². The van der Waals surface area contributed by atoms with E-state index in [9.17, 15) is 4.79 Å². The lowest BCUT2D eigenvalue weighted by Crippen LogP contribution is -2.25. The topological polar surface area (TPSA) is 50.3 Å². The van der Waals surface area contributed by atoms with Gasteiger partial charge in [-0.1, -0.05) is 6.92 Å². The number of H-pyrrole nitrogens is 1. The quantitative estimate of drug-likeness (QED) is 0.923. The summed E-state index contributed by atoms with van der Waals surface area (Å²) in [6.07, 6.45) is 1.16. The fourth-order valence-corrected chi connectivity index (χ4v) is 3.05. The van der Waals surface area contributed by atoms with Crippen LogP contribution in [-0.2, 0) is 6.54 Å². The maximum absolute atomic E-state index is 12.1. The van der Waals surface area contributed by atoms with Gasteiger partial charge in [0.25, 0.3) is 0 Å². The molecule has 0 bridgehead atoms. The molecule has 1 aliphatic rings. The molecule has 108 valence electrons. The molecule has 0 spiro atoms. The SMILES string of the molecule is CCN1CCC(Cn2c(=O)[nH]c3ccc(OC)cc32)C1. The van der Waals surface area contributed by atoms with E-state index in [0.717, 1.165) is 49.4 Å². The van der Waals surface area contributed by atoms with Crippen LogP contribution in [0.1, 0.15) is 13.3 Å². The summed E-state index contributed by atoms with van der Waals surface area (Å²) in [6.45, 7) is 6.28. The first-order valence-electron chi connectivity index (χ1n) is 7.20. The second-order valence-electron chi connectivity index (χ2n) is 5.47. The Morgan fingerprint density at radius 2 is 2.30 bits per heavy atom. The molecular formula is C15H21N3O2. The number of aromatic nitrogens is 2. The zero-order chi connectivity index (χ0) is 14.1. The number of likely N-dealkylation sites (tertiary alicyclic amines) is 1. The summed E-state index contributed by atoms with van der Waals surface area (Å²) < 4.78 is 7.10. The maximum Gasteiger partial charge on any atom is 0.326 e. The lowest BCUT2D eigenvalue weighted by Gasteiger charge is -2.13. The highest BCUT2D eigenvalue weighted by atomic mass is 16.5. The van der Waals surface area contributed by atoms with E-state index in [4.69, 9.17) is 4.74 Å². The molecule has 0 amide bonds. The van der Waals surface area contributed by atoms with E-state index in [1.54, 1.807) is 7.11 Å². The van der Waals surface area contributed by atoms with Gasteiger partial charge in [-0.15, -0.1) is 0 Å². The lowest BCUT2D eigenvalue weighted by atomic mass is 10.1. The summed E-state index contributed by atoms with van der Waals surface area (Å²) >= 11 is 0. The predicted octanol–water partition coefficient (Wildman–Crippen LogP) is 1.68. The summed E-state index contributed by atoms with van der Waals surface area (Å²) in [5, 5.41) is 0. The van der Waals surface area contributed by atoms with Crippen molar-refractivity contribution in [1.82, 2.24) is 14.5 Å². The molecule has 1 aromatic carbocycles. The van der Waals surface area contributed by atoms with Crippen molar-refractivity contribution in [2.24, 2.45) is 5.92 Å². The minimum Gasteiger partial charge on any atom is -0.497 e. The van der Waals surface area contributed by atoms with Crippen LogP contribution in [0.25, 0.3) is 11.0 Å². The molecule has 5 nitrogen and oxygen atoms in total. The van der Waals surface area contributed by atoms with Crippen LogP contribution in [0.4, 0.5) is 0 Å². The number of ether oxygens (including phenoxy) is 1. The Morgan fingerprint density at radius 3 is 3.00 bits per heavy atom. The number of nitrogens with zero attached hydrogens (tertiary/aromatic N) is 2. The summed E-state index contributed by atoms with van der Waals surface area (Å²) in [5.41, 5.74) is 1.79. The van der Waals surface area contributed by atoms with Gasteiger partial charge >= 0.3 is 5.69 Å². The van der Waals surface area contributed by atoms with Crippen LogP contribution in [0.5, 0.6) is 5.75 Å². The molecule has 20 heavy (non-hydrogen) atoms. The van der Waals surface area contributed by atoms with Crippen molar-refractivity contribution >= 4 is 11.0 Å². The van der Waals surface area contributed by atoms with Crippen LogP contribution >= 0.6 is 0 Å². The molecule has 0 aliphatic carbocycles. The van der Waals surface area contributed by atoms with Gasteiger partial charge in [0.05, 0.1) is 18.1 Å². The number of aromatic amines is 1. The normalized spacial score (nSPS) is 19.8. The monoisotopic (exact) mass is 275 g/mol. The average molecular weight is 275 g/mol. The number of rotatable bonds is 4. The first-order valence-corrected chi connectivity index (χ1v) is 7.20. The molecule has 1 N–H and O–H groups in total. The van der Waals surface area contributed by atoms with Crippen LogP contribution in [0, 0.1) is 5.92 Å². The Hall–Kier alpha value is -1.75. The second kappa shape index (κ2) is 5.32. The third-order valence-corrected chi connectivity index (χ3v) is 4.24. The Balaban J connectivity index is 1.90. The average Bonchev–Trinajstić information content (AvgIpc) is 3.04. The number of nitrogens with one attached hydrogen (secondary N) is 1. The Morgan fingerprint density at radius 1 is 1.45 bits per heavy atom. The summed E-state index contributed by atoms with van der Waals surface area (Å²) in [5.74, 6) is 1.34. The van der Waals surface area contributed by atoms with Gasteiger partial charge in [-0.05, 0) is 37.6 Å². The number of hydrogen-bond donors (Lipinski definition) is 1. The molecule has 1 saturated heterocycles. The molecule has 5 heteroatoms. The number of imidazole rings is 1. The molecule has 1 fully saturated rings. The molecule has 1 unspecified atom stereocenters. The number of benzene rings is 1. The van der Waals surface area contributed by atoms with Crippen LogP contribution in [0.3, 0.4) is 0 Å². The van der Waals surface area contributed by atoms with E-state index in [1.165, 1.54) is 0 Å². The van der Waals surface area contributed by atoms with Crippen molar-refractivity contribution in [3.8, 4) is 5.75 Å². The van der Waals surface area contributed by atoms with Gasteiger partial charge in [-0.25, -0.2) is 4.79 Å². The smallest absolute Gasteiger partial charge is 0.326 e. The molecule has 1 aliphatic heterocycles. The number of fused-ring (bicyclic) bond motifs is 1. The number of hydrogen-bond acceptors (Lipinski definition) is 3. The summed E-state index contributed by atoms with van der Waals surface area (Å²) in [6, 6.07) is 5.70. The van der Waals surface area contributed by atoms with E-state index >= 15 is 0 Å². The van der Waals surface area contributed by atoms with E-state index in [2.05, 4.69) is 16.8 Å². The van der Waals surface area contributed by atoms with E-state index in [0.29, 0.717) is 5.92 Å². The van der Waals surface area contributed by atoms with Crippen LogP contribution in [0.2, 0.25) is 0 Å². The Labute approximate surface area is 118 Å². The fraction of sp³-hybridized carbons (Fsp3) is 0.533. The highest BCUT2D eigenvalue weighted by Crippen LogP contribution is 2.22. The van der Waals surface area contributed by atoms with Gasteiger partial charge in [0.2, 0.25) is 0 Å². The third kappa shape index (κ3) is 2.33. The lowest BCUT2D eigenvalue weighted by molar-refractivity contribution is 0.333. The third-order valence-electron chi connectivity index (χ3n) is 4.24. The van der Waals surface area contributed by atoms with Gasteiger partial charge in [-0.2, -0.15) is 0 Å². The zero-order valence-electron chi connectivity index (χ0n) is 12.1. The minimum atomic E-state index is -0.0248. The van der Waals surface area contributed by atoms with Gasteiger partial charge in [-0.3, -0.25) is 4.57 Å². The van der Waals surface area contributed by atoms with Gasteiger partial charge in [0.1, 0.15) is 5.75 Å². The second-order valence-corrected chi connectivity index (χ2v) is 5.47. The first kappa shape index (κ1) is 13.2. The van der Waals surface area contributed by atoms with Crippen LogP contribution < -0.4 is 10.4 Å². The van der Waals surface area contributed by atoms with Gasteiger partial charge in [0.15, 0.2) is 0 Å². The molecule has 1 atom stereocenters.